The minimum atomic E-state index is 0.465. The van der Waals surface area contributed by atoms with Gasteiger partial charge in [0.25, 0.3) is 0 Å². The molecule has 0 amide bonds. The summed E-state index contributed by atoms with van der Waals surface area (Å²) in [5.41, 5.74) is 7.62. The Kier molecular flexibility index (Phi) is 3.89. The van der Waals surface area contributed by atoms with E-state index < -0.39 is 0 Å². The second-order valence-electron chi connectivity index (χ2n) is 3.78. The summed E-state index contributed by atoms with van der Waals surface area (Å²) in [6.07, 6.45) is 2.44. The molecule has 0 aliphatic carbocycles. The Morgan fingerprint density at radius 2 is 2.13 bits per heavy atom. The minimum Gasteiger partial charge on any atom is -0.326 e. The molecule has 0 saturated carbocycles. The van der Waals surface area contributed by atoms with E-state index in [9.17, 15) is 0 Å². The van der Waals surface area contributed by atoms with E-state index in [2.05, 4.69) is 11.1 Å². The van der Waals surface area contributed by atoms with Crippen LogP contribution in [0, 0.1) is 0 Å². The Morgan fingerprint density at radius 1 is 1.40 bits per heavy atom. The zero-order valence-corrected chi connectivity index (χ0v) is 10.2. The Hall–Kier alpha value is -0.250. The fraction of sp³-hybridized carbons (Fsp3) is 0.545. The zero-order chi connectivity index (χ0) is 10.7. The van der Waals surface area contributed by atoms with Crippen LogP contribution in [0.3, 0.4) is 0 Å². The zero-order valence-electron chi connectivity index (χ0n) is 8.58. The molecule has 1 aliphatic rings. The molecule has 1 aliphatic heterocycles. The fourth-order valence-corrected chi connectivity index (χ4v) is 3.19. The van der Waals surface area contributed by atoms with Gasteiger partial charge in [0.15, 0.2) is 0 Å². The molecule has 0 atom stereocenters. The van der Waals surface area contributed by atoms with Crippen molar-refractivity contribution in [2.75, 3.05) is 11.5 Å². The molecule has 4 heteroatoms. The Labute approximate surface area is 99.6 Å². The molecule has 15 heavy (non-hydrogen) atoms. The van der Waals surface area contributed by atoms with Crippen LogP contribution in [0.25, 0.3) is 0 Å². The van der Waals surface area contributed by atoms with Crippen molar-refractivity contribution >= 4 is 23.4 Å². The lowest BCUT2D eigenvalue weighted by molar-refractivity contribution is 0.618. The predicted octanol–water partition coefficient (Wildman–Crippen LogP) is 2.80. The molecule has 2 heterocycles. The molecule has 0 aromatic carbocycles. The number of nitrogens with two attached hydrogens (primary N) is 1. The molecular weight excluding hydrogens is 228 g/mol. The van der Waals surface area contributed by atoms with Gasteiger partial charge in [-0.2, -0.15) is 11.8 Å². The number of hydrogen-bond donors (Lipinski definition) is 1. The van der Waals surface area contributed by atoms with Crippen LogP contribution >= 0.6 is 23.4 Å². The van der Waals surface area contributed by atoms with Crippen molar-refractivity contribution in [3.05, 3.63) is 28.5 Å². The minimum absolute atomic E-state index is 0.465. The van der Waals surface area contributed by atoms with Gasteiger partial charge >= 0.3 is 0 Å². The summed E-state index contributed by atoms with van der Waals surface area (Å²) in [7, 11) is 0. The predicted molar refractivity (Wildman–Crippen MR) is 66.4 cm³/mol. The van der Waals surface area contributed by atoms with Gasteiger partial charge in [-0.05, 0) is 30.4 Å². The third kappa shape index (κ3) is 2.65. The van der Waals surface area contributed by atoms with Crippen LogP contribution in [-0.2, 0) is 6.54 Å². The van der Waals surface area contributed by atoms with Gasteiger partial charge < -0.3 is 5.73 Å². The van der Waals surface area contributed by atoms with Crippen molar-refractivity contribution < 1.29 is 0 Å². The molecule has 2 rings (SSSR count). The molecule has 0 radical (unpaired) electrons. The highest BCUT2D eigenvalue weighted by Gasteiger charge is 2.17. The van der Waals surface area contributed by atoms with Gasteiger partial charge in [0.05, 0.1) is 0 Å². The van der Waals surface area contributed by atoms with Gasteiger partial charge in [0, 0.05) is 23.7 Å². The summed E-state index contributed by atoms with van der Waals surface area (Å²) in [5.74, 6) is 3.07. The quantitative estimate of drug-likeness (QED) is 0.811. The van der Waals surface area contributed by atoms with Crippen LogP contribution < -0.4 is 5.73 Å². The molecule has 1 saturated heterocycles. The van der Waals surface area contributed by atoms with E-state index in [1.807, 2.05) is 17.8 Å². The molecule has 0 spiro atoms. The number of halogens is 1. The second-order valence-corrected chi connectivity index (χ2v) is 5.36. The van der Waals surface area contributed by atoms with E-state index in [-0.39, 0.29) is 0 Å². The van der Waals surface area contributed by atoms with Crippen LogP contribution in [0.1, 0.15) is 30.0 Å². The van der Waals surface area contributed by atoms with Gasteiger partial charge in [-0.15, -0.1) is 0 Å². The number of nitrogens with zero attached hydrogens (tertiary/aromatic N) is 1. The first-order chi connectivity index (χ1) is 7.31. The Balaban J connectivity index is 2.17. The van der Waals surface area contributed by atoms with E-state index in [0.29, 0.717) is 17.6 Å². The highest BCUT2D eigenvalue weighted by atomic mass is 35.5. The van der Waals surface area contributed by atoms with Crippen molar-refractivity contribution in [3.63, 3.8) is 0 Å². The third-order valence-corrected chi connectivity index (χ3v) is 4.18. The SMILES string of the molecule is NCc1ccc(C2CCSCC2)nc1Cl. The van der Waals surface area contributed by atoms with E-state index >= 15 is 0 Å². The summed E-state index contributed by atoms with van der Waals surface area (Å²) < 4.78 is 0. The molecule has 0 unspecified atom stereocenters. The van der Waals surface area contributed by atoms with Crippen LogP contribution in [0.5, 0.6) is 0 Å². The first-order valence-corrected chi connectivity index (χ1v) is 6.77. The largest absolute Gasteiger partial charge is 0.326 e. The molecule has 2 N–H and O–H groups in total. The first kappa shape index (κ1) is 11.2. The lowest BCUT2D eigenvalue weighted by Crippen LogP contribution is -2.10. The number of hydrogen-bond acceptors (Lipinski definition) is 3. The topological polar surface area (TPSA) is 38.9 Å². The molecule has 1 aromatic rings. The maximum absolute atomic E-state index is 6.05. The maximum Gasteiger partial charge on any atom is 0.133 e. The highest BCUT2D eigenvalue weighted by molar-refractivity contribution is 7.99. The van der Waals surface area contributed by atoms with Crippen LogP contribution in [0.2, 0.25) is 5.15 Å². The second kappa shape index (κ2) is 5.19. The van der Waals surface area contributed by atoms with E-state index in [0.717, 1.165) is 11.3 Å². The average Bonchev–Trinajstić information content (AvgIpc) is 2.30. The van der Waals surface area contributed by atoms with Gasteiger partial charge in [0.2, 0.25) is 0 Å². The van der Waals surface area contributed by atoms with Gasteiger partial charge in [-0.3, -0.25) is 0 Å². The van der Waals surface area contributed by atoms with Gasteiger partial charge in [-0.1, -0.05) is 17.7 Å². The number of rotatable bonds is 2. The van der Waals surface area contributed by atoms with E-state index in [1.165, 1.54) is 24.3 Å². The third-order valence-electron chi connectivity index (χ3n) is 2.81. The Morgan fingerprint density at radius 3 is 2.73 bits per heavy atom. The lowest BCUT2D eigenvalue weighted by Gasteiger charge is -2.21. The summed E-state index contributed by atoms with van der Waals surface area (Å²) in [5, 5.41) is 0.577. The molecule has 1 fully saturated rings. The molecule has 1 aromatic heterocycles. The number of pyridine rings is 1. The summed E-state index contributed by atoms with van der Waals surface area (Å²) in [4.78, 5) is 4.44. The van der Waals surface area contributed by atoms with Crippen molar-refractivity contribution in [3.8, 4) is 0 Å². The monoisotopic (exact) mass is 242 g/mol. The molecule has 2 nitrogen and oxygen atoms in total. The van der Waals surface area contributed by atoms with Gasteiger partial charge in [0.1, 0.15) is 5.15 Å². The normalized spacial score (nSPS) is 18.0. The van der Waals surface area contributed by atoms with Crippen LogP contribution in [0.15, 0.2) is 12.1 Å². The van der Waals surface area contributed by atoms with Crippen molar-refractivity contribution in [1.29, 1.82) is 0 Å². The summed E-state index contributed by atoms with van der Waals surface area (Å²) >= 11 is 8.08. The molecule has 82 valence electrons. The van der Waals surface area contributed by atoms with Gasteiger partial charge in [-0.25, -0.2) is 4.98 Å². The van der Waals surface area contributed by atoms with Crippen molar-refractivity contribution in [2.24, 2.45) is 5.73 Å². The maximum atomic E-state index is 6.05. The standard InChI is InChI=1S/C11H15ClN2S/c12-11-9(7-13)1-2-10(14-11)8-3-5-15-6-4-8/h1-2,8H,3-7,13H2. The summed E-state index contributed by atoms with van der Waals surface area (Å²) in [6, 6.07) is 4.08. The van der Waals surface area contributed by atoms with E-state index in [1.54, 1.807) is 0 Å². The average molecular weight is 243 g/mol. The van der Waals surface area contributed by atoms with Crippen LogP contribution in [0.4, 0.5) is 0 Å². The first-order valence-electron chi connectivity index (χ1n) is 5.24. The highest BCUT2D eigenvalue weighted by Crippen LogP contribution is 2.31. The number of aromatic nitrogens is 1. The smallest absolute Gasteiger partial charge is 0.133 e. The summed E-state index contributed by atoms with van der Waals surface area (Å²) in [6.45, 7) is 0.465. The Bertz CT molecular complexity index is 337. The molecule has 0 bridgehead atoms. The van der Waals surface area contributed by atoms with E-state index in [4.69, 9.17) is 17.3 Å². The lowest BCUT2D eigenvalue weighted by atomic mass is 9.98. The van der Waals surface area contributed by atoms with Crippen molar-refractivity contribution in [2.45, 2.75) is 25.3 Å². The fourth-order valence-electron chi connectivity index (χ4n) is 1.85. The van der Waals surface area contributed by atoms with Crippen LogP contribution in [-0.4, -0.2) is 16.5 Å². The molecular formula is C11H15ClN2S. The number of thioether (sulfide) groups is 1. The van der Waals surface area contributed by atoms with Crippen molar-refractivity contribution in [1.82, 2.24) is 4.98 Å².